The molecular weight excluding hydrogens is 498 g/mol. The largest absolute Gasteiger partial charge is 0.357 e. The molecular formula is C18H23Cl2IN6. The second kappa shape index (κ2) is 10.9. The maximum Gasteiger partial charge on any atom is 0.225 e. The first-order valence-corrected chi connectivity index (χ1v) is 9.42. The number of rotatable bonds is 4. The van der Waals surface area contributed by atoms with Crippen LogP contribution in [0.2, 0.25) is 10.0 Å². The molecule has 2 heterocycles. The lowest BCUT2D eigenvalue weighted by molar-refractivity contribution is 0.370. The average molecular weight is 521 g/mol. The van der Waals surface area contributed by atoms with Crippen LogP contribution in [-0.4, -0.2) is 53.6 Å². The summed E-state index contributed by atoms with van der Waals surface area (Å²) in [6.45, 7) is 6.83. The number of hydrogen-bond donors (Lipinski definition) is 1. The minimum atomic E-state index is 0. The molecule has 1 aliphatic rings. The molecule has 0 unspecified atom stereocenters. The van der Waals surface area contributed by atoms with Gasteiger partial charge in [-0.2, -0.15) is 0 Å². The summed E-state index contributed by atoms with van der Waals surface area (Å²) < 4.78 is 0. The van der Waals surface area contributed by atoms with Gasteiger partial charge in [0.05, 0.1) is 6.54 Å². The van der Waals surface area contributed by atoms with Crippen LogP contribution in [0.1, 0.15) is 12.5 Å². The second-order valence-electron chi connectivity index (χ2n) is 5.93. The number of aromatic nitrogens is 2. The van der Waals surface area contributed by atoms with Gasteiger partial charge >= 0.3 is 0 Å². The van der Waals surface area contributed by atoms with E-state index in [1.54, 1.807) is 18.5 Å². The van der Waals surface area contributed by atoms with Crippen molar-refractivity contribution in [3.8, 4) is 0 Å². The van der Waals surface area contributed by atoms with E-state index >= 15 is 0 Å². The van der Waals surface area contributed by atoms with Gasteiger partial charge in [0.15, 0.2) is 5.96 Å². The highest BCUT2D eigenvalue weighted by molar-refractivity contribution is 14.0. The molecule has 6 nitrogen and oxygen atoms in total. The van der Waals surface area contributed by atoms with Crippen LogP contribution in [0.25, 0.3) is 0 Å². The van der Waals surface area contributed by atoms with Crippen molar-refractivity contribution in [3.05, 3.63) is 52.3 Å². The van der Waals surface area contributed by atoms with Crippen LogP contribution in [0.5, 0.6) is 0 Å². The van der Waals surface area contributed by atoms with Gasteiger partial charge in [0.25, 0.3) is 0 Å². The number of nitrogens with zero attached hydrogens (tertiary/aromatic N) is 5. The van der Waals surface area contributed by atoms with Crippen molar-refractivity contribution in [1.29, 1.82) is 0 Å². The molecule has 0 amide bonds. The first-order chi connectivity index (χ1) is 12.7. The number of hydrogen-bond acceptors (Lipinski definition) is 4. The number of aliphatic imine (C=N–C) groups is 1. The number of benzene rings is 1. The Hall–Kier alpha value is -1.32. The maximum atomic E-state index is 6.25. The van der Waals surface area contributed by atoms with Crippen molar-refractivity contribution >= 4 is 59.1 Å². The topological polar surface area (TPSA) is 56.7 Å². The summed E-state index contributed by atoms with van der Waals surface area (Å²) in [4.78, 5) is 17.8. The van der Waals surface area contributed by atoms with Crippen molar-refractivity contribution in [3.63, 3.8) is 0 Å². The zero-order valence-electron chi connectivity index (χ0n) is 15.1. The first-order valence-electron chi connectivity index (χ1n) is 8.66. The number of nitrogens with one attached hydrogen (secondary N) is 1. The van der Waals surface area contributed by atoms with E-state index in [4.69, 9.17) is 28.2 Å². The average Bonchev–Trinajstić information content (AvgIpc) is 2.67. The highest BCUT2D eigenvalue weighted by Gasteiger charge is 2.21. The molecule has 0 atom stereocenters. The molecule has 146 valence electrons. The van der Waals surface area contributed by atoms with Gasteiger partial charge in [-0.05, 0) is 30.7 Å². The quantitative estimate of drug-likeness (QED) is 0.378. The van der Waals surface area contributed by atoms with Crippen molar-refractivity contribution in [2.75, 3.05) is 37.6 Å². The van der Waals surface area contributed by atoms with Crippen LogP contribution in [0.3, 0.4) is 0 Å². The number of halogens is 3. The summed E-state index contributed by atoms with van der Waals surface area (Å²) in [6.07, 6.45) is 3.55. The molecule has 1 N–H and O–H groups in total. The van der Waals surface area contributed by atoms with Crippen LogP contribution in [0, 0.1) is 0 Å². The van der Waals surface area contributed by atoms with Crippen LogP contribution in [-0.2, 0) is 6.54 Å². The monoisotopic (exact) mass is 520 g/mol. The second-order valence-corrected chi connectivity index (χ2v) is 6.77. The first kappa shape index (κ1) is 22.0. The standard InChI is InChI=1S/C18H22Cl2N6.HI/c1-2-21-17(24-13-14-4-5-15(19)12-16(14)20)25-8-10-26(11-9-25)18-22-6-3-7-23-18;/h3-7,12H,2,8-11,13H2,1H3,(H,21,24);1H. The Balaban J connectivity index is 0.00000261. The van der Waals surface area contributed by atoms with E-state index in [2.05, 4.69) is 32.0 Å². The fraction of sp³-hybridized carbons (Fsp3) is 0.389. The lowest BCUT2D eigenvalue weighted by Gasteiger charge is -2.36. The molecule has 1 aromatic carbocycles. The Bertz CT molecular complexity index is 751. The Labute approximate surface area is 187 Å². The number of anilines is 1. The molecule has 2 aromatic rings. The molecule has 0 radical (unpaired) electrons. The van der Waals surface area contributed by atoms with Crippen LogP contribution >= 0.6 is 47.2 Å². The van der Waals surface area contributed by atoms with Crippen molar-refractivity contribution < 1.29 is 0 Å². The summed E-state index contributed by atoms with van der Waals surface area (Å²) in [6, 6.07) is 7.34. The molecule has 27 heavy (non-hydrogen) atoms. The smallest absolute Gasteiger partial charge is 0.225 e. The van der Waals surface area contributed by atoms with Gasteiger partial charge in [0.1, 0.15) is 0 Å². The van der Waals surface area contributed by atoms with Gasteiger partial charge in [0.2, 0.25) is 5.95 Å². The van der Waals surface area contributed by atoms with Crippen molar-refractivity contribution in [2.24, 2.45) is 4.99 Å². The van der Waals surface area contributed by atoms with E-state index in [1.165, 1.54) is 0 Å². The van der Waals surface area contributed by atoms with E-state index in [-0.39, 0.29) is 24.0 Å². The zero-order chi connectivity index (χ0) is 18.4. The minimum Gasteiger partial charge on any atom is -0.357 e. The molecule has 0 aliphatic carbocycles. The van der Waals surface area contributed by atoms with Gasteiger partial charge < -0.3 is 15.1 Å². The summed E-state index contributed by atoms with van der Waals surface area (Å²) in [7, 11) is 0. The molecule has 9 heteroatoms. The maximum absolute atomic E-state index is 6.25. The highest BCUT2D eigenvalue weighted by Crippen LogP contribution is 2.21. The molecule has 0 saturated carbocycles. The number of piperazine rings is 1. The Kier molecular flexibility index (Phi) is 8.85. The third-order valence-corrected chi connectivity index (χ3v) is 4.75. The van der Waals surface area contributed by atoms with Gasteiger partial charge in [-0.15, -0.1) is 24.0 Å². The Morgan fingerprint density at radius 2 is 1.85 bits per heavy atom. The number of guanidine groups is 1. The minimum absolute atomic E-state index is 0. The van der Waals surface area contributed by atoms with Gasteiger partial charge in [-0.1, -0.05) is 29.3 Å². The van der Waals surface area contributed by atoms with E-state index in [9.17, 15) is 0 Å². The predicted molar refractivity (Wildman–Crippen MR) is 123 cm³/mol. The van der Waals surface area contributed by atoms with Gasteiger partial charge in [-0.3, -0.25) is 0 Å². The van der Waals surface area contributed by atoms with E-state index < -0.39 is 0 Å². The van der Waals surface area contributed by atoms with Crippen molar-refractivity contribution in [1.82, 2.24) is 20.2 Å². The van der Waals surface area contributed by atoms with E-state index in [0.717, 1.165) is 50.2 Å². The van der Waals surface area contributed by atoms with Gasteiger partial charge in [0, 0.05) is 55.2 Å². The fourth-order valence-corrected chi connectivity index (χ4v) is 3.28. The van der Waals surface area contributed by atoms with E-state index in [0.29, 0.717) is 16.6 Å². The third-order valence-electron chi connectivity index (χ3n) is 4.16. The predicted octanol–water partition coefficient (Wildman–Crippen LogP) is 3.69. The van der Waals surface area contributed by atoms with Crippen LogP contribution < -0.4 is 10.2 Å². The molecule has 0 spiro atoms. The van der Waals surface area contributed by atoms with Gasteiger partial charge in [-0.25, -0.2) is 15.0 Å². The van der Waals surface area contributed by atoms with E-state index in [1.807, 2.05) is 18.2 Å². The highest BCUT2D eigenvalue weighted by atomic mass is 127. The lowest BCUT2D eigenvalue weighted by atomic mass is 10.2. The lowest BCUT2D eigenvalue weighted by Crippen LogP contribution is -2.52. The summed E-state index contributed by atoms with van der Waals surface area (Å²) >= 11 is 12.2. The zero-order valence-corrected chi connectivity index (χ0v) is 18.9. The molecule has 1 saturated heterocycles. The molecule has 3 rings (SSSR count). The molecule has 1 fully saturated rings. The Morgan fingerprint density at radius 3 is 2.48 bits per heavy atom. The molecule has 1 aromatic heterocycles. The van der Waals surface area contributed by atoms with Crippen LogP contribution in [0.4, 0.5) is 5.95 Å². The normalized spacial score (nSPS) is 14.7. The van der Waals surface area contributed by atoms with Crippen LogP contribution in [0.15, 0.2) is 41.7 Å². The molecule has 0 bridgehead atoms. The van der Waals surface area contributed by atoms with Crippen molar-refractivity contribution in [2.45, 2.75) is 13.5 Å². The third kappa shape index (κ3) is 6.08. The Morgan fingerprint density at radius 1 is 1.15 bits per heavy atom. The molecule has 1 aliphatic heterocycles. The fourth-order valence-electron chi connectivity index (χ4n) is 2.81. The SMILES string of the molecule is CCNC(=NCc1ccc(Cl)cc1Cl)N1CCN(c2ncccn2)CC1.I. The summed E-state index contributed by atoms with van der Waals surface area (Å²) in [5, 5.41) is 4.64. The summed E-state index contributed by atoms with van der Waals surface area (Å²) in [5.41, 5.74) is 0.961. The summed E-state index contributed by atoms with van der Waals surface area (Å²) in [5.74, 6) is 1.68.